The van der Waals surface area contributed by atoms with Gasteiger partial charge in [-0.25, -0.2) is 9.69 Å². The molecule has 3 aliphatic heterocycles. The minimum atomic E-state index is -1.74. The van der Waals surface area contributed by atoms with E-state index in [2.05, 4.69) is 0 Å². The van der Waals surface area contributed by atoms with Gasteiger partial charge in [0, 0.05) is 11.1 Å². The first-order valence-corrected chi connectivity index (χ1v) is 12.6. The number of hydrogen-bond acceptors (Lipinski definition) is 5. The quantitative estimate of drug-likeness (QED) is 0.400. The summed E-state index contributed by atoms with van der Waals surface area (Å²) in [6.45, 7) is 0. The Morgan fingerprint density at radius 1 is 0.667 bits per heavy atom. The third kappa shape index (κ3) is 2.85. The number of ketones is 1. The number of rotatable bonds is 4. The van der Waals surface area contributed by atoms with E-state index < -0.39 is 40.8 Å². The van der Waals surface area contributed by atoms with E-state index in [-0.39, 0.29) is 17.0 Å². The minimum absolute atomic E-state index is 0.0314. The number of hydrogen-bond donors (Lipinski definition) is 1. The van der Waals surface area contributed by atoms with Crippen molar-refractivity contribution in [2.75, 3.05) is 4.90 Å². The van der Waals surface area contributed by atoms with Crippen LogP contribution in [0.4, 0.5) is 5.69 Å². The van der Waals surface area contributed by atoms with E-state index in [1.807, 2.05) is 36.4 Å². The topological polar surface area (TPSA) is 101 Å². The standard InChI is InChI=1S/C32H21NO6/c34-27-23-13-7-8-14-24(23)31(20-9-3-1-4-10-20)25-26(32(27,39-31)21-11-5-2-6-12-21)29(36)33(28(25)35)22-17-15-19(16-18-22)30(37)38/h1-18,25-26H,(H,37,38)/t25-,26+,31-,32-/m0/s1. The highest BCUT2D eigenvalue weighted by molar-refractivity contribution is 6.26. The van der Waals surface area contributed by atoms with Gasteiger partial charge in [0.1, 0.15) is 5.60 Å². The van der Waals surface area contributed by atoms with Gasteiger partial charge in [-0.2, -0.15) is 0 Å². The average Bonchev–Trinajstić information content (AvgIpc) is 3.43. The molecule has 3 heterocycles. The van der Waals surface area contributed by atoms with Gasteiger partial charge in [0.15, 0.2) is 5.60 Å². The molecule has 4 aromatic carbocycles. The van der Waals surface area contributed by atoms with Crippen LogP contribution in [0.3, 0.4) is 0 Å². The van der Waals surface area contributed by atoms with Crippen molar-refractivity contribution in [2.45, 2.75) is 11.2 Å². The van der Waals surface area contributed by atoms with Crippen molar-refractivity contribution >= 4 is 29.3 Å². The number of carbonyl (C=O) groups is 4. The molecule has 2 saturated heterocycles. The van der Waals surface area contributed by atoms with E-state index in [9.17, 15) is 24.3 Å². The number of nitrogens with zero attached hydrogens (tertiary/aromatic N) is 1. The number of benzene rings is 4. The monoisotopic (exact) mass is 515 g/mol. The third-order valence-corrected chi connectivity index (χ3v) is 8.19. The Labute approximate surface area is 223 Å². The highest BCUT2D eigenvalue weighted by atomic mass is 16.5. The van der Waals surface area contributed by atoms with Crippen LogP contribution in [0.25, 0.3) is 0 Å². The summed E-state index contributed by atoms with van der Waals surface area (Å²) in [4.78, 5) is 55.7. The van der Waals surface area contributed by atoms with E-state index in [4.69, 9.17) is 4.74 Å². The molecule has 2 bridgehead atoms. The number of imide groups is 1. The van der Waals surface area contributed by atoms with Crippen LogP contribution in [0.15, 0.2) is 109 Å². The van der Waals surface area contributed by atoms with Gasteiger partial charge in [-0.1, -0.05) is 84.9 Å². The van der Waals surface area contributed by atoms with Crippen molar-refractivity contribution in [3.8, 4) is 0 Å². The van der Waals surface area contributed by atoms with Gasteiger partial charge in [0.05, 0.1) is 23.1 Å². The Kier molecular flexibility index (Phi) is 4.80. The number of aromatic carboxylic acids is 1. The lowest BCUT2D eigenvalue weighted by Crippen LogP contribution is -2.51. The van der Waals surface area contributed by atoms with E-state index in [1.165, 1.54) is 24.3 Å². The van der Waals surface area contributed by atoms with Gasteiger partial charge in [-0.15, -0.1) is 0 Å². The first-order valence-electron chi connectivity index (χ1n) is 12.6. The van der Waals surface area contributed by atoms with E-state index in [0.29, 0.717) is 22.3 Å². The molecule has 190 valence electrons. The molecule has 0 aliphatic carbocycles. The van der Waals surface area contributed by atoms with Gasteiger partial charge in [0.2, 0.25) is 17.6 Å². The van der Waals surface area contributed by atoms with Crippen LogP contribution in [0.1, 0.15) is 37.4 Å². The van der Waals surface area contributed by atoms with Crippen LogP contribution in [0.5, 0.6) is 0 Å². The molecular formula is C32H21NO6. The molecule has 0 aromatic heterocycles. The highest BCUT2D eigenvalue weighted by Crippen LogP contribution is 2.66. The summed E-state index contributed by atoms with van der Waals surface area (Å²) in [6.07, 6.45) is 0. The Hall–Kier alpha value is -4.88. The van der Waals surface area contributed by atoms with Crippen molar-refractivity contribution < 1.29 is 29.0 Å². The smallest absolute Gasteiger partial charge is 0.335 e. The fourth-order valence-electron chi connectivity index (χ4n) is 6.63. The number of amides is 2. The molecule has 7 heteroatoms. The molecule has 2 amide bonds. The number of ether oxygens (including phenoxy) is 1. The average molecular weight is 516 g/mol. The van der Waals surface area contributed by atoms with Crippen LogP contribution in [0.2, 0.25) is 0 Å². The largest absolute Gasteiger partial charge is 0.478 e. The second-order valence-electron chi connectivity index (χ2n) is 10.00. The van der Waals surface area contributed by atoms with Gasteiger partial charge in [-0.05, 0) is 35.4 Å². The number of Topliss-reactive ketones (excluding diaryl/α,β-unsaturated/α-hetero) is 1. The van der Waals surface area contributed by atoms with E-state index >= 15 is 0 Å². The van der Waals surface area contributed by atoms with E-state index in [1.54, 1.807) is 48.5 Å². The lowest BCUT2D eigenvalue weighted by Gasteiger charge is -2.43. The number of fused-ring (bicyclic) bond motifs is 7. The molecule has 7 nitrogen and oxygen atoms in total. The fraction of sp³-hybridized carbons (Fsp3) is 0.125. The second kappa shape index (κ2) is 8.06. The van der Waals surface area contributed by atoms with Crippen molar-refractivity contribution in [1.82, 2.24) is 0 Å². The summed E-state index contributed by atoms with van der Waals surface area (Å²) in [6, 6.07) is 30.8. The number of carboxylic acids is 1. The zero-order chi connectivity index (χ0) is 26.9. The molecule has 0 unspecified atom stereocenters. The molecule has 39 heavy (non-hydrogen) atoms. The van der Waals surface area contributed by atoms with Gasteiger partial charge < -0.3 is 9.84 Å². The fourth-order valence-corrected chi connectivity index (χ4v) is 6.63. The Morgan fingerprint density at radius 2 is 1.18 bits per heavy atom. The summed E-state index contributed by atoms with van der Waals surface area (Å²) in [5.74, 6) is -4.73. The lowest BCUT2D eigenvalue weighted by molar-refractivity contribution is -0.136. The molecule has 0 spiro atoms. The van der Waals surface area contributed by atoms with Gasteiger partial charge in [0.25, 0.3) is 0 Å². The molecule has 0 radical (unpaired) electrons. The molecule has 1 N–H and O–H groups in total. The maximum absolute atomic E-state index is 14.5. The lowest BCUT2D eigenvalue weighted by atomic mass is 9.72. The third-order valence-electron chi connectivity index (χ3n) is 8.19. The van der Waals surface area contributed by atoms with Crippen molar-refractivity contribution in [2.24, 2.45) is 11.8 Å². The molecular weight excluding hydrogens is 494 g/mol. The molecule has 3 aliphatic rings. The van der Waals surface area contributed by atoms with Crippen molar-refractivity contribution in [3.63, 3.8) is 0 Å². The first kappa shape index (κ1) is 23.3. The predicted octanol–water partition coefficient (Wildman–Crippen LogP) is 4.56. The first-order chi connectivity index (χ1) is 18.9. The summed E-state index contributed by atoms with van der Waals surface area (Å²) >= 11 is 0. The van der Waals surface area contributed by atoms with Crippen LogP contribution >= 0.6 is 0 Å². The summed E-state index contributed by atoms with van der Waals surface area (Å²) in [5, 5.41) is 9.33. The normalized spacial score (nSPS) is 26.9. The predicted molar refractivity (Wildman–Crippen MR) is 140 cm³/mol. The molecule has 7 rings (SSSR count). The van der Waals surface area contributed by atoms with Crippen LogP contribution in [0, 0.1) is 11.8 Å². The van der Waals surface area contributed by atoms with Crippen LogP contribution in [-0.2, 0) is 25.5 Å². The molecule has 2 fully saturated rings. The highest BCUT2D eigenvalue weighted by Gasteiger charge is 2.78. The van der Waals surface area contributed by atoms with Crippen molar-refractivity contribution in [3.05, 3.63) is 137 Å². The SMILES string of the molecule is O=C(O)c1ccc(N2C(=O)[C@@H]3[C@H](C2=O)[C@]2(c4ccccc4)O[C@@]3(c3ccccc3)c3ccccc3C2=O)cc1. The minimum Gasteiger partial charge on any atom is -0.478 e. The van der Waals surface area contributed by atoms with Crippen LogP contribution < -0.4 is 4.90 Å². The number of carbonyl (C=O) groups excluding carboxylic acids is 3. The maximum atomic E-state index is 14.5. The molecule has 4 aromatic rings. The summed E-state index contributed by atoms with van der Waals surface area (Å²) in [7, 11) is 0. The van der Waals surface area contributed by atoms with E-state index in [0.717, 1.165) is 4.90 Å². The number of anilines is 1. The van der Waals surface area contributed by atoms with Crippen LogP contribution in [-0.4, -0.2) is 28.7 Å². The second-order valence-corrected chi connectivity index (χ2v) is 10.00. The molecule has 4 atom stereocenters. The zero-order valence-corrected chi connectivity index (χ0v) is 20.5. The summed E-state index contributed by atoms with van der Waals surface area (Å²) in [5.41, 5.74) is -0.733. The number of carboxylic acid groups (broad SMARTS) is 1. The maximum Gasteiger partial charge on any atom is 0.335 e. The van der Waals surface area contributed by atoms with Crippen molar-refractivity contribution in [1.29, 1.82) is 0 Å². The Morgan fingerprint density at radius 3 is 1.77 bits per heavy atom. The summed E-state index contributed by atoms with van der Waals surface area (Å²) < 4.78 is 6.93. The molecule has 0 saturated carbocycles. The Bertz CT molecular complexity index is 1680. The Balaban J connectivity index is 1.53. The van der Waals surface area contributed by atoms with Gasteiger partial charge in [-0.3, -0.25) is 14.4 Å². The zero-order valence-electron chi connectivity index (χ0n) is 20.5. The van der Waals surface area contributed by atoms with Gasteiger partial charge >= 0.3 is 5.97 Å².